The maximum atomic E-state index is 12.4. The molecule has 2 atom stereocenters. The molecule has 0 aromatic rings. The summed E-state index contributed by atoms with van der Waals surface area (Å²) in [5, 5.41) is 0. The summed E-state index contributed by atoms with van der Waals surface area (Å²) in [5.74, 6) is -10.6. The minimum Gasteiger partial charge on any atom is -0.300 e. The van der Waals surface area contributed by atoms with E-state index in [1.807, 2.05) is 6.92 Å². The quantitative estimate of drug-likeness (QED) is 0.122. The van der Waals surface area contributed by atoms with Crippen LogP contribution in [0.2, 0.25) is 0 Å². The molecule has 13 heteroatoms. The highest BCUT2D eigenvalue weighted by Crippen LogP contribution is 2.40. The Bertz CT molecular complexity index is 729. The molecule has 0 aromatic heterocycles. The summed E-state index contributed by atoms with van der Waals surface area (Å²) in [4.78, 5) is 25.3. The smallest absolute Gasteiger partial charge is 0.300 e. The Hall–Kier alpha value is -1.95. The van der Waals surface area contributed by atoms with Crippen molar-refractivity contribution in [2.75, 3.05) is 0 Å². The van der Waals surface area contributed by atoms with Crippen molar-refractivity contribution >= 4 is 18.3 Å². The van der Waals surface area contributed by atoms with Crippen molar-refractivity contribution < 1.29 is 53.5 Å². The van der Waals surface area contributed by atoms with Gasteiger partial charge in [-0.3, -0.25) is 9.79 Å². The number of ketones is 2. The van der Waals surface area contributed by atoms with Crippen molar-refractivity contribution in [3.8, 4) is 0 Å². The van der Waals surface area contributed by atoms with Gasteiger partial charge in [0, 0.05) is 30.5 Å². The number of allylic oxidation sites excluding steroid dienone is 2. The molecule has 0 saturated carbocycles. The van der Waals surface area contributed by atoms with Crippen LogP contribution in [0, 0.1) is 11.8 Å². The van der Waals surface area contributed by atoms with Crippen LogP contribution in [0.3, 0.4) is 0 Å². The largest absolute Gasteiger partial charge is 0.397 e. The van der Waals surface area contributed by atoms with Crippen molar-refractivity contribution in [2.24, 2.45) is 16.8 Å². The van der Waals surface area contributed by atoms with Gasteiger partial charge in [-0.15, -0.1) is 0 Å². The zero-order chi connectivity index (χ0) is 31.8. The monoisotopic (exact) mass is 589 g/mol. The molecule has 0 aromatic carbocycles. The van der Waals surface area contributed by atoms with Gasteiger partial charge in [0.05, 0.1) is 0 Å². The van der Waals surface area contributed by atoms with Gasteiger partial charge in [-0.1, -0.05) is 27.2 Å². The second-order valence-corrected chi connectivity index (χ2v) is 9.57. The summed E-state index contributed by atoms with van der Waals surface area (Å²) in [6.07, 6.45) is -8.96. The van der Waals surface area contributed by atoms with Gasteiger partial charge in [0.15, 0.2) is 5.78 Å². The van der Waals surface area contributed by atoms with E-state index in [1.165, 1.54) is 0 Å². The second-order valence-electron chi connectivity index (χ2n) is 9.57. The van der Waals surface area contributed by atoms with Crippen LogP contribution in [0.25, 0.3) is 0 Å². The number of carbonyl (C=O) groups is 2. The number of rotatable bonds is 13. The van der Waals surface area contributed by atoms with E-state index in [9.17, 15) is 53.5 Å². The molecule has 0 amide bonds. The molecule has 39 heavy (non-hydrogen) atoms. The van der Waals surface area contributed by atoms with Crippen molar-refractivity contribution in [1.82, 2.24) is 0 Å². The van der Waals surface area contributed by atoms with E-state index in [2.05, 4.69) is 18.6 Å². The van der Waals surface area contributed by atoms with Crippen LogP contribution in [-0.2, 0) is 9.59 Å². The van der Waals surface area contributed by atoms with Crippen LogP contribution in [0.4, 0.5) is 43.9 Å². The third-order valence-corrected chi connectivity index (χ3v) is 5.29. The van der Waals surface area contributed by atoms with Gasteiger partial charge in [-0.25, -0.2) is 17.6 Å². The molecule has 0 spiro atoms. The molecule has 0 radical (unpaired) electrons. The molecular formula is C26H41F10NO2. The summed E-state index contributed by atoms with van der Waals surface area (Å²) in [5.41, 5.74) is 1.69. The van der Waals surface area contributed by atoms with Crippen LogP contribution in [0.15, 0.2) is 16.3 Å². The highest BCUT2D eigenvalue weighted by molar-refractivity contribution is 5.94. The highest BCUT2D eigenvalue weighted by atomic mass is 19.4. The molecule has 2 unspecified atom stereocenters. The molecular weight excluding hydrogens is 548 g/mol. The molecule has 0 aliphatic rings. The van der Waals surface area contributed by atoms with Gasteiger partial charge in [-0.05, 0) is 66.0 Å². The third kappa shape index (κ3) is 24.8. The van der Waals surface area contributed by atoms with Crippen molar-refractivity contribution in [3.05, 3.63) is 11.3 Å². The Balaban J connectivity index is -0.000000500. The maximum absolute atomic E-state index is 12.4. The second kappa shape index (κ2) is 18.4. The van der Waals surface area contributed by atoms with Gasteiger partial charge >= 0.3 is 12.4 Å². The minimum atomic E-state index is -5.04. The number of carbonyl (C=O) groups excluding carboxylic acids is 2. The van der Waals surface area contributed by atoms with Crippen LogP contribution >= 0.6 is 0 Å². The Morgan fingerprint density at radius 3 is 1.54 bits per heavy atom. The van der Waals surface area contributed by atoms with E-state index >= 15 is 0 Å². The molecule has 0 N–H and O–H groups in total. The zero-order valence-electron chi connectivity index (χ0n) is 23.6. The topological polar surface area (TPSA) is 46.5 Å². The maximum Gasteiger partial charge on any atom is 0.397 e. The fraction of sp³-hybridized carbons (Fsp3) is 0.808. The normalized spacial score (nSPS) is 14.6. The number of aliphatic imine (C=N–C) groups is 1. The number of hydrogen-bond donors (Lipinski definition) is 0. The van der Waals surface area contributed by atoms with Crippen LogP contribution in [-0.4, -0.2) is 42.5 Å². The number of alkyl halides is 10. The van der Waals surface area contributed by atoms with E-state index < -0.39 is 48.7 Å². The van der Waals surface area contributed by atoms with E-state index in [1.54, 1.807) is 13.8 Å². The Morgan fingerprint density at radius 2 is 1.31 bits per heavy atom. The van der Waals surface area contributed by atoms with E-state index in [0.29, 0.717) is 0 Å². The molecule has 0 heterocycles. The van der Waals surface area contributed by atoms with E-state index in [4.69, 9.17) is 0 Å². The summed E-state index contributed by atoms with van der Waals surface area (Å²) in [6, 6.07) is 0. The first-order valence-corrected chi connectivity index (χ1v) is 12.4. The summed E-state index contributed by atoms with van der Waals surface area (Å²) >= 11 is 0. The average Bonchev–Trinajstić information content (AvgIpc) is 2.73. The van der Waals surface area contributed by atoms with E-state index in [0.717, 1.165) is 44.4 Å². The average molecular weight is 590 g/mol. The standard InChI is InChI=1S/C10H17NO.C9H15F5.C7H9F5O/c1-5-7-9(8(3)12)10(6-2)11-4;1-7(3-5-8(2,10)11)4-6-9(12,13)14;1-4(13)3-5(6(2,8)9)7(10,11)12/h4-7H2,1-3H3;7H,3-6H2,1-2H3;5H,3H2,1-2H3/b10-9-;;. The van der Waals surface area contributed by atoms with Gasteiger partial charge in [-0.2, -0.15) is 26.3 Å². The molecule has 0 saturated heterocycles. The van der Waals surface area contributed by atoms with Crippen LogP contribution < -0.4 is 0 Å². The summed E-state index contributed by atoms with van der Waals surface area (Å²) in [6.45, 7) is 12.5. The van der Waals surface area contributed by atoms with Gasteiger partial charge in [0.25, 0.3) is 5.92 Å². The summed E-state index contributed by atoms with van der Waals surface area (Å²) in [7, 11) is 0. The van der Waals surface area contributed by atoms with Gasteiger partial charge in [0.2, 0.25) is 5.92 Å². The number of Topliss-reactive ketones (excluding diaryl/α,β-unsaturated/α-hetero) is 2. The van der Waals surface area contributed by atoms with Gasteiger partial charge in [0.1, 0.15) is 11.7 Å². The van der Waals surface area contributed by atoms with Crippen molar-refractivity contribution in [1.29, 1.82) is 0 Å². The molecule has 0 fully saturated rings. The third-order valence-electron chi connectivity index (χ3n) is 5.29. The Labute approximate surface area is 224 Å². The first-order chi connectivity index (χ1) is 17.3. The first kappa shape index (κ1) is 41.5. The van der Waals surface area contributed by atoms with Crippen LogP contribution in [0.1, 0.15) is 99.8 Å². The molecule has 0 rings (SSSR count). The number of hydrogen-bond acceptors (Lipinski definition) is 3. The predicted octanol–water partition coefficient (Wildman–Crippen LogP) is 9.94. The molecule has 0 bridgehead atoms. The molecule has 232 valence electrons. The lowest BCUT2D eigenvalue weighted by Gasteiger charge is -2.24. The molecule has 3 nitrogen and oxygen atoms in total. The highest BCUT2D eigenvalue weighted by Gasteiger charge is 2.52. The summed E-state index contributed by atoms with van der Waals surface area (Å²) < 4.78 is 120. The number of nitrogens with zero attached hydrogens (tertiary/aromatic N) is 1. The lowest BCUT2D eigenvalue weighted by molar-refractivity contribution is -0.235. The SMILES string of the molecule is C=N/C(CC)=C(/CCC)C(C)=O.CC(=O)CC(C(C)(F)F)C(F)(F)F.CC(CCC(C)(F)F)CCC(F)(F)F. The van der Waals surface area contributed by atoms with Crippen LogP contribution in [0.5, 0.6) is 0 Å². The molecule has 0 aliphatic carbocycles. The Kier molecular flexibility index (Phi) is 19.6. The fourth-order valence-electron chi connectivity index (χ4n) is 3.12. The number of halogens is 10. The zero-order valence-corrected chi connectivity index (χ0v) is 23.6. The first-order valence-electron chi connectivity index (χ1n) is 12.4. The molecule has 0 aliphatic heterocycles. The fourth-order valence-corrected chi connectivity index (χ4v) is 3.12. The van der Waals surface area contributed by atoms with E-state index in [-0.39, 0.29) is 37.9 Å². The van der Waals surface area contributed by atoms with Gasteiger partial charge < -0.3 is 4.79 Å². The predicted molar refractivity (Wildman–Crippen MR) is 132 cm³/mol. The minimum absolute atomic E-state index is 0.0699. The lowest BCUT2D eigenvalue weighted by atomic mass is 9.96. The van der Waals surface area contributed by atoms with Crippen molar-refractivity contribution in [2.45, 2.75) is 124 Å². The van der Waals surface area contributed by atoms with Crippen molar-refractivity contribution in [3.63, 3.8) is 0 Å². The Morgan fingerprint density at radius 1 is 0.846 bits per heavy atom. The lowest BCUT2D eigenvalue weighted by Crippen LogP contribution is -2.38.